The number of hydrogen-bond acceptors (Lipinski definition) is 5. The largest absolute Gasteiger partial charge is 0.477 e. The molecule has 2 aromatic carbocycles. The van der Waals surface area contributed by atoms with Gasteiger partial charge in [-0.2, -0.15) is 5.10 Å². The number of thiazole rings is 1. The number of benzene rings is 2. The van der Waals surface area contributed by atoms with Gasteiger partial charge in [-0.3, -0.25) is 0 Å². The van der Waals surface area contributed by atoms with E-state index in [9.17, 15) is 9.90 Å². The lowest BCUT2D eigenvalue weighted by molar-refractivity contribution is 0.0701. The molecule has 0 amide bonds. The Kier molecular flexibility index (Phi) is 5.16. The summed E-state index contributed by atoms with van der Waals surface area (Å²) in [6, 6.07) is 20.7. The smallest absolute Gasteiger partial charge is 0.347 e. The molecule has 5 nitrogen and oxygen atoms in total. The summed E-state index contributed by atoms with van der Waals surface area (Å²) in [6.07, 6.45) is 5.40. The number of aromatic nitrogens is 1. The topological polar surface area (TPSA) is 65.8 Å². The summed E-state index contributed by atoms with van der Waals surface area (Å²) in [4.78, 5) is 16.5. The Morgan fingerprint density at radius 1 is 1.13 bits per heavy atom. The predicted molar refractivity (Wildman–Crippen MR) is 125 cm³/mol. The number of aromatic carboxylic acids is 1. The molecule has 31 heavy (non-hydrogen) atoms. The number of nitrogens with zero attached hydrogens (tertiary/aromatic N) is 3. The second-order valence-electron chi connectivity index (χ2n) is 7.98. The van der Waals surface area contributed by atoms with Crippen LogP contribution in [0.1, 0.15) is 51.8 Å². The molecule has 1 aliphatic heterocycles. The molecule has 1 aliphatic carbocycles. The van der Waals surface area contributed by atoms with Crippen LogP contribution in [-0.2, 0) is 0 Å². The first-order chi connectivity index (χ1) is 15.1. The first-order valence-corrected chi connectivity index (χ1v) is 11.3. The van der Waals surface area contributed by atoms with Crippen molar-refractivity contribution in [2.24, 2.45) is 11.0 Å². The van der Waals surface area contributed by atoms with E-state index in [1.807, 2.05) is 41.4 Å². The Morgan fingerprint density at radius 2 is 1.84 bits per heavy atom. The minimum absolute atomic E-state index is 0.0165. The molecule has 0 saturated heterocycles. The monoisotopic (exact) mass is 429 g/mol. The molecule has 1 saturated carbocycles. The van der Waals surface area contributed by atoms with Gasteiger partial charge in [-0.15, -0.1) is 0 Å². The molecule has 0 radical (unpaired) electrons. The van der Waals surface area contributed by atoms with Gasteiger partial charge >= 0.3 is 5.97 Å². The highest BCUT2D eigenvalue weighted by atomic mass is 32.1. The molecular weight excluding hydrogens is 406 g/mol. The minimum Gasteiger partial charge on any atom is -0.477 e. The summed E-state index contributed by atoms with van der Waals surface area (Å²) in [5, 5.41) is 17.2. The van der Waals surface area contributed by atoms with E-state index in [0.717, 1.165) is 25.0 Å². The van der Waals surface area contributed by atoms with Gasteiger partial charge in [0.25, 0.3) is 0 Å². The van der Waals surface area contributed by atoms with Gasteiger partial charge in [-0.1, -0.05) is 72.0 Å². The summed E-state index contributed by atoms with van der Waals surface area (Å²) in [5.74, 6) is -0.685. The minimum atomic E-state index is -0.938. The van der Waals surface area contributed by atoms with Crippen LogP contribution in [0.25, 0.3) is 6.08 Å². The summed E-state index contributed by atoms with van der Waals surface area (Å²) in [5.41, 5.74) is 5.26. The zero-order valence-electron chi connectivity index (χ0n) is 17.2. The molecule has 0 bridgehead atoms. The Labute approximate surface area is 185 Å². The predicted octanol–water partition coefficient (Wildman–Crippen LogP) is 5.95. The number of aryl methyl sites for hydroxylation is 1. The highest BCUT2D eigenvalue weighted by molar-refractivity contribution is 7.17. The van der Waals surface area contributed by atoms with Crippen LogP contribution in [0.4, 0.5) is 5.13 Å². The van der Waals surface area contributed by atoms with Crippen molar-refractivity contribution in [1.82, 2.24) is 4.98 Å². The Hall–Kier alpha value is -3.25. The van der Waals surface area contributed by atoms with Gasteiger partial charge in [0.1, 0.15) is 4.88 Å². The molecule has 1 N–H and O–H groups in total. The van der Waals surface area contributed by atoms with E-state index < -0.39 is 5.97 Å². The molecular formula is C25H23N3O2S. The lowest BCUT2D eigenvalue weighted by atomic mass is 9.77. The molecule has 5 rings (SSSR count). The van der Waals surface area contributed by atoms with Gasteiger partial charge in [0.15, 0.2) is 0 Å². The van der Waals surface area contributed by atoms with E-state index in [2.05, 4.69) is 35.3 Å². The van der Waals surface area contributed by atoms with Gasteiger partial charge in [0.05, 0.1) is 17.4 Å². The van der Waals surface area contributed by atoms with Crippen LogP contribution in [-0.4, -0.2) is 21.8 Å². The van der Waals surface area contributed by atoms with Crippen molar-refractivity contribution in [2.45, 2.75) is 32.2 Å². The summed E-state index contributed by atoms with van der Waals surface area (Å²) in [7, 11) is 0. The first kappa shape index (κ1) is 19.7. The van der Waals surface area contributed by atoms with Crippen LogP contribution >= 0.6 is 11.3 Å². The zero-order valence-corrected chi connectivity index (χ0v) is 18.0. The van der Waals surface area contributed by atoms with Crippen molar-refractivity contribution in [2.75, 3.05) is 5.01 Å². The quantitative estimate of drug-likeness (QED) is 0.556. The van der Waals surface area contributed by atoms with Gasteiger partial charge in [-0.05, 0) is 49.0 Å². The van der Waals surface area contributed by atoms with Crippen molar-refractivity contribution < 1.29 is 9.90 Å². The van der Waals surface area contributed by atoms with E-state index in [-0.39, 0.29) is 16.8 Å². The third-order valence-corrected chi connectivity index (χ3v) is 7.09. The van der Waals surface area contributed by atoms with Gasteiger partial charge in [-0.25, -0.2) is 14.8 Å². The maximum atomic E-state index is 11.6. The van der Waals surface area contributed by atoms with Crippen LogP contribution in [0, 0.1) is 12.8 Å². The SMILES string of the molecule is Cc1nc(N2N=C3/C(=C\c4ccccc4)CCCC3C2c2ccccc2)sc1C(=O)O. The first-order valence-electron chi connectivity index (χ1n) is 10.5. The van der Waals surface area contributed by atoms with Gasteiger partial charge in [0.2, 0.25) is 5.13 Å². The van der Waals surface area contributed by atoms with E-state index in [1.165, 1.54) is 28.0 Å². The highest BCUT2D eigenvalue weighted by Gasteiger charge is 2.43. The number of carbonyl (C=O) groups is 1. The maximum Gasteiger partial charge on any atom is 0.347 e. The zero-order chi connectivity index (χ0) is 21.4. The number of anilines is 1. The third kappa shape index (κ3) is 3.68. The molecule has 1 fully saturated rings. The van der Waals surface area contributed by atoms with Crippen molar-refractivity contribution >= 4 is 34.2 Å². The van der Waals surface area contributed by atoms with Crippen molar-refractivity contribution in [3.63, 3.8) is 0 Å². The number of fused-ring (bicyclic) bond motifs is 1. The summed E-state index contributed by atoms with van der Waals surface area (Å²) >= 11 is 1.20. The lowest BCUT2D eigenvalue weighted by Crippen LogP contribution is -2.28. The van der Waals surface area contributed by atoms with E-state index in [0.29, 0.717) is 10.8 Å². The number of allylic oxidation sites excluding steroid dienone is 1. The molecule has 6 heteroatoms. The molecule has 3 aromatic rings. The van der Waals surface area contributed by atoms with Crippen LogP contribution in [0.5, 0.6) is 0 Å². The van der Waals surface area contributed by atoms with Gasteiger partial charge in [0, 0.05) is 5.92 Å². The van der Waals surface area contributed by atoms with Crippen LogP contribution in [0.15, 0.2) is 71.3 Å². The van der Waals surface area contributed by atoms with Gasteiger partial charge < -0.3 is 5.11 Å². The lowest BCUT2D eigenvalue weighted by Gasteiger charge is -2.29. The van der Waals surface area contributed by atoms with E-state index in [4.69, 9.17) is 5.10 Å². The number of carboxylic acid groups (broad SMARTS) is 1. The van der Waals surface area contributed by atoms with Crippen molar-refractivity contribution in [3.8, 4) is 0 Å². The third-order valence-electron chi connectivity index (χ3n) is 5.96. The van der Waals surface area contributed by atoms with Crippen LogP contribution in [0.2, 0.25) is 0 Å². The highest BCUT2D eigenvalue weighted by Crippen LogP contribution is 2.47. The maximum absolute atomic E-state index is 11.6. The van der Waals surface area contributed by atoms with Crippen molar-refractivity contribution in [3.05, 3.63) is 87.9 Å². The summed E-state index contributed by atoms with van der Waals surface area (Å²) in [6.45, 7) is 1.75. The average Bonchev–Trinajstić information content (AvgIpc) is 3.36. The standard InChI is InChI=1S/C25H23N3O2S/c1-16-23(24(29)30)31-25(26-16)28-22(18-11-6-3-7-12-18)20-14-8-13-19(21(20)27-28)15-17-9-4-2-5-10-17/h2-7,9-12,15,20,22H,8,13-14H2,1H3,(H,29,30)/b19-15-. The number of rotatable bonds is 4. The fraction of sp³-hybridized carbons (Fsp3) is 0.240. The number of hydrogen-bond donors (Lipinski definition) is 1. The molecule has 1 aromatic heterocycles. The fourth-order valence-electron chi connectivity index (χ4n) is 4.57. The van der Waals surface area contributed by atoms with Crippen LogP contribution in [0.3, 0.4) is 0 Å². The molecule has 0 spiro atoms. The Balaban J connectivity index is 1.61. The number of hydrazone groups is 1. The average molecular weight is 430 g/mol. The Morgan fingerprint density at radius 3 is 2.52 bits per heavy atom. The van der Waals surface area contributed by atoms with E-state index >= 15 is 0 Å². The molecule has 2 atom stereocenters. The summed E-state index contributed by atoms with van der Waals surface area (Å²) < 4.78 is 0. The molecule has 2 aliphatic rings. The molecule has 2 heterocycles. The van der Waals surface area contributed by atoms with E-state index in [1.54, 1.807) is 6.92 Å². The molecule has 2 unspecified atom stereocenters. The van der Waals surface area contributed by atoms with Crippen molar-refractivity contribution in [1.29, 1.82) is 0 Å². The normalized spacial score (nSPS) is 21.8. The number of carboxylic acids is 1. The van der Waals surface area contributed by atoms with Crippen LogP contribution < -0.4 is 5.01 Å². The Bertz CT molecular complexity index is 1170. The fourth-order valence-corrected chi connectivity index (χ4v) is 5.46. The second-order valence-corrected chi connectivity index (χ2v) is 8.96. The molecule has 156 valence electrons. The second kappa shape index (κ2) is 8.12.